The van der Waals surface area contributed by atoms with Gasteiger partial charge in [0.1, 0.15) is 17.0 Å². The summed E-state index contributed by atoms with van der Waals surface area (Å²) < 4.78 is 41.6. The number of aromatic nitrogens is 1. The zero-order valence-electron chi connectivity index (χ0n) is 19.0. The Balaban J connectivity index is 1.91. The van der Waals surface area contributed by atoms with Crippen LogP contribution in [-0.4, -0.2) is 35.4 Å². The van der Waals surface area contributed by atoms with E-state index >= 15 is 4.39 Å². The predicted octanol–water partition coefficient (Wildman–Crippen LogP) is 4.06. The van der Waals surface area contributed by atoms with E-state index < -0.39 is 40.3 Å². The van der Waals surface area contributed by atoms with E-state index in [-0.39, 0.29) is 42.1 Å². The summed E-state index contributed by atoms with van der Waals surface area (Å²) in [7, 11) is 0. The van der Waals surface area contributed by atoms with E-state index in [2.05, 4.69) is 17.2 Å². The smallest absolute Gasteiger partial charge is 0.407 e. The molecule has 7 nitrogen and oxygen atoms in total. The summed E-state index contributed by atoms with van der Waals surface area (Å²) in [5, 5.41) is 2.27. The zero-order valence-corrected chi connectivity index (χ0v) is 19.0. The number of halogens is 2. The number of carbonyl (C=O) groups excluding carboxylic acids is 2. The number of ether oxygens (including phenoxy) is 2. The number of nitrogens with zero attached hydrogens (tertiary/aromatic N) is 1. The fourth-order valence-corrected chi connectivity index (χ4v) is 3.24. The third-order valence-electron chi connectivity index (χ3n) is 4.78. The third-order valence-corrected chi connectivity index (χ3v) is 4.78. The van der Waals surface area contributed by atoms with Crippen molar-refractivity contribution in [1.29, 1.82) is 0 Å². The molecule has 1 N–H and O–H groups in total. The molecule has 1 heterocycles. The minimum Gasteiger partial charge on any atom is -0.462 e. The Bertz CT molecular complexity index is 1210. The van der Waals surface area contributed by atoms with E-state index in [1.165, 1.54) is 10.8 Å². The number of alkyl carbamates (subject to hydrolysis) is 1. The molecule has 1 aromatic carbocycles. The lowest BCUT2D eigenvalue weighted by Crippen LogP contribution is -2.32. The Morgan fingerprint density at radius 1 is 1.27 bits per heavy atom. The van der Waals surface area contributed by atoms with Crippen molar-refractivity contribution in [3.05, 3.63) is 45.2 Å². The fraction of sp³-hybridized carbons (Fsp3) is 0.458. The maximum absolute atomic E-state index is 15.4. The molecule has 33 heavy (non-hydrogen) atoms. The molecule has 1 amide bonds. The van der Waals surface area contributed by atoms with Gasteiger partial charge in [0.2, 0.25) is 5.43 Å². The topological polar surface area (TPSA) is 86.6 Å². The SMILES string of the molecule is CCOC(=O)c1cn(C2CC2)c2c(F)c(C#CCCNC(=O)OC(C)(C)C)c(F)cc2c1=O. The molecule has 3 rings (SSSR count). The molecule has 0 unspecified atom stereocenters. The van der Waals surface area contributed by atoms with Crippen LogP contribution in [0.1, 0.15) is 68.9 Å². The molecule has 0 saturated heterocycles. The average molecular weight is 460 g/mol. The number of amides is 1. The first-order valence-electron chi connectivity index (χ1n) is 10.7. The maximum atomic E-state index is 15.4. The summed E-state index contributed by atoms with van der Waals surface area (Å²) >= 11 is 0. The van der Waals surface area contributed by atoms with E-state index in [9.17, 15) is 18.8 Å². The summed E-state index contributed by atoms with van der Waals surface area (Å²) in [5.41, 5.74) is -2.26. The lowest BCUT2D eigenvalue weighted by atomic mass is 10.1. The fourth-order valence-electron chi connectivity index (χ4n) is 3.24. The van der Waals surface area contributed by atoms with Gasteiger partial charge in [-0.1, -0.05) is 11.8 Å². The van der Waals surface area contributed by atoms with Gasteiger partial charge in [-0.15, -0.1) is 0 Å². The Hall–Kier alpha value is -3.41. The highest BCUT2D eigenvalue weighted by molar-refractivity contribution is 5.94. The summed E-state index contributed by atoms with van der Waals surface area (Å²) in [4.78, 5) is 36.6. The summed E-state index contributed by atoms with van der Waals surface area (Å²) in [6, 6.07) is 0.811. The molecule has 1 aliphatic rings. The number of rotatable bonds is 5. The van der Waals surface area contributed by atoms with Gasteiger partial charge in [-0.3, -0.25) is 4.79 Å². The van der Waals surface area contributed by atoms with Crippen LogP contribution < -0.4 is 10.7 Å². The van der Waals surface area contributed by atoms with Crippen LogP contribution in [0.15, 0.2) is 17.1 Å². The molecule has 1 fully saturated rings. The van der Waals surface area contributed by atoms with E-state index in [1.807, 2.05) is 0 Å². The van der Waals surface area contributed by atoms with Crippen molar-refractivity contribution in [2.75, 3.05) is 13.2 Å². The second-order valence-electron chi connectivity index (χ2n) is 8.65. The molecular weight excluding hydrogens is 434 g/mol. The van der Waals surface area contributed by atoms with E-state index in [0.717, 1.165) is 18.9 Å². The molecule has 0 aliphatic heterocycles. The van der Waals surface area contributed by atoms with Crippen molar-refractivity contribution in [3.63, 3.8) is 0 Å². The second-order valence-corrected chi connectivity index (χ2v) is 8.65. The summed E-state index contributed by atoms with van der Waals surface area (Å²) in [6.07, 6.45) is 2.29. The van der Waals surface area contributed by atoms with Gasteiger partial charge in [-0.05, 0) is 46.6 Å². The van der Waals surface area contributed by atoms with Crippen molar-refractivity contribution in [3.8, 4) is 11.8 Å². The standard InChI is InChI=1S/C24H26F2N2O5/c1-5-32-22(30)17-13-28(14-9-10-14)20-16(21(17)29)12-18(25)15(19(20)26)8-6-7-11-27-23(31)33-24(2,3)4/h12-14H,5,7,9-11H2,1-4H3,(H,27,31). The van der Waals surface area contributed by atoms with Gasteiger partial charge in [-0.25, -0.2) is 18.4 Å². The first-order valence-corrected chi connectivity index (χ1v) is 10.7. The number of carbonyl (C=O) groups is 2. The predicted molar refractivity (Wildman–Crippen MR) is 118 cm³/mol. The lowest BCUT2D eigenvalue weighted by molar-refractivity contribution is 0.0515. The molecular formula is C24H26F2N2O5. The highest BCUT2D eigenvalue weighted by atomic mass is 19.1. The molecule has 1 saturated carbocycles. The second kappa shape index (κ2) is 9.61. The van der Waals surface area contributed by atoms with Gasteiger partial charge < -0.3 is 19.4 Å². The van der Waals surface area contributed by atoms with Crippen LogP contribution in [0.2, 0.25) is 0 Å². The molecule has 9 heteroatoms. The molecule has 1 aliphatic carbocycles. The Morgan fingerprint density at radius 3 is 2.58 bits per heavy atom. The van der Waals surface area contributed by atoms with Gasteiger partial charge in [0.15, 0.2) is 5.82 Å². The van der Waals surface area contributed by atoms with Crippen molar-refractivity contribution >= 4 is 23.0 Å². The molecule has 0 bridgehead atoms. The molecule has 176 valence electrons. The van der Waals surface area contributed by atoms with Gasteiger partial charge in [0.25, 0.3) is 0 Å². The average Bonchev–Trinajstić information content (AvgIpc) is 3.54. The highest BCUT2D eigenvalue weighted by Gasteiger charge is 2.30. The number of fused-ring (bicyclic) bond motifs is 1. The van der Waals surface area contributed by atoms with Crippen molar-refractivity contribution in [2.24, 2.45) is 0 Å². The van der Waals surface area contributed by atoms with E-state index in [4.69, 9.17) is 9.47 Å². The van der Waals surface area contributed by atoms with Crippen LogP contribution in [0.3, 0.4) is 0 Å². The largest absolute Gasteiger partial charge is 0.462 e. The summed E-state index contributed by atoms with van der Waals surface area (Å²) in [6.45, 7) is 7.00. The first kappa shape index (κ1) is 24.2. The van der Waals surface area contributed by atoms with Crippen LogP contribution in [-0.2, 0) is 9.47 Å². The van der Waals surface area contributed by atoms with Crippen LogP contribution in [0.4, 0.5) is 13.6 Å². The van der Waals surface area contributed by atoms with E-state index in [1.54, 1.807) is 27.7 Å². The Morgan fingerprint density at radius 2 is 1.97 bits per heavy atom. The third kappa shape index (κ3) is 5.69. The van der Waals surface area contributed by atoms with Crippen LogP contribution in [0.5, 0.6) is 0 Å². The monoisotopic (exact) mass is 460 g/mol. The number of esters is 1. The van der Waals surface area contributed by atoms with Crippen molar-refractivity contribution < 1.29 is 27.8 Å². The number of benzene rings is 1. The normalized spacial score (nSPS) is 13.3. The minimum absolute atomic E-state index is 0.0692. The number of pyridine rings is 1. The molecule has 0 radical (unpaired) electrons. The van der Waals surface area contributed by atoms with Gasteiger partial charge in [0.05, 0.1) is 23.1 Å². The molecule has 0 atom stereocenters. The molecule has 2 aromatic rings. The Labute approximate surface area is 190 Å². The number of hydrogen-bond donors (Lipinski definition) is 1. The van der Waals surface area contributed by atoms with Crippen molar-refractivity contribution in [1.82, 2.24) is 9.88 Å². The zero-order chi connectivity index (χ0) is 24.3. The number of hydrogen-bond acceptors (Lipinski definition) is 5. The maximum Gasteiger partial charge on any atom is 0.407 e. The quantitative estimate of drug-likeness (QED) is 0.413. The minimum atomic E-state index is -1.01. The van der Waals surface area contributed by atoms with E-state index in [0.29, 0.717) is 0 Å². The van der Waals surface area contributed by atoms with Crippen molar-refractivity contribution in [2.45, 2.75) is 58.6 Å². The number of nitrogens with one attached hydrogen (secondary N) is 1. The lowest BCUT2D eigenvalue weighted by Gasteiger charge is -2.19. The molecule has 0 spiro atoms. The van der Waals surface area contributed by atoms with Crippen LogP contribution >= 0.6 is 0 Å². The summed E-state index contributed by atoms with van der Waals surface area (Å²) in [5.74, 6) is 2.29. The first-order chi connectivity index (χ1) is 15.5. The Kier molecular flexibility index (Phi) is 7.06. The molecule has 1 aromatic heterocycles. The van der Waals surface area contributed by atoms with Gasteiger partial charge in [0, 0.05) is 25.2 Å². The van der Waals surface area contributed by atoms with Crippen LogP contribution in [0.25, 0.3) is 10.9 Å². The highest BCUT2D eigenvalue weighted by Crippen LogP contribution is 2.38. The van der Waals surface area contributed by atoms with Gasteiger partial charge in [-0.2, -0.15) is 0 Å². The van der Waals surface area contributed by atoms with Crippen LogP contribution in [0, 0.1) is 23.5 Å². The van der Waals surface area contributed by atoms with Gasteiger partial charge >= 0.3 is 12.1 Å².